The number of rotatable bonds is 8. The van der Waals surface area contributed by atoms with Crippen LogP contribution in [-0.2, 0) is 4.79 Å². The summed E-state index contributed by atoms with van der Waals surface area (Å²) in [7, 11) is 0. The lowest BCUT2D eigenvalue weighted by Crippen LogP contribution is -2.35. The Morgan fingerprint density at radius 3 is 2.65 bits per heavy atom. The number of anilines is 2. The molecule has 0 saturated heterocycles. The number of pyridine rings is 1. The van der Waals surface area contributed by atoms with Crippen LogP contribution in [0.3, 0.4) is 0 Å². The topological polar surface area (TPSA) is 80.5 Å². The van der Waals surface area contributed by atoms with E-state index in [1.807, 2.05) is 20.8 Å². The molecule has 0 bridgehead atoms. The van der Waals surface area contributed by atoms with E-state index in [9.17, 15) is 4.79 Å². The first kappa shape index (κ1) is 16.1. The third-order valence-electron chi connectivity index (χ3n) is 2.87. The lowest BCUT2D eigenvalue weighted by atomic mass is 10.4. The Hall–Kier alpha value is -1.98. The van der Waals surface area contributed by atoms with Crippen molar-refractivity contribution in [1.82, 2.24) is 9.88 Å². The van der Waals surface area contributed by atoms with Crippen molar-refractivity contribution >= 4 is 17.4 Å². The van der Waals surface area contributed by atoms with Crippen molar-refractivity contribution < 1.29 is 9.53 Å². The highest BCUT2D eigenvalue weighted by Gasteiger charge is 2.10. The van der Waals surface area contributed by atoms with E-state index < -0.39 is 0 Å². The normalized spacial score (nSPS) is 10.2. The molecule has 0 aromatic carbocycles. The third kappa shape index (κ3) is 4.60. The summed E-state index contributed by atoms with van der Waals surface area (Å²) in [4.78, 5) is 17.9. The minimum atomic E-state index is 0.0460. The highest BCUT2D eigenvalue weighted by Crippen LogP contribution is 2.20. The van der Waals surface area contributed by atoms with Crippen LogP contribution in [0.1, 0.15) is 27.2 Å². The minimum Gasteiger partial charge on any atom is -0.476 e. The molecular formula is C14H24N4O2. The van der Waals surface area contributed by atoms with Gasteiger partial charge >= 0.3 is 0 Å². The first-order valence-corrected chi connectivity index (χ1v) is 7.03. The lowest BCUT2D eigenvalue weighted by Gasteiger charge is -2.19. The molecule has 0 spiro atoms. The van der Waals surface area contributed by atoms with Crippen LogP contribution < -0.4 is 15.8 Å². The van der Waals surface area contributed by atoms with Crippen molar-refractivity contribution in [2.45, 2.75) is 27.2 Å². The monoisotopic (exact) mass is 280 g/mol. The van der Waals surface area contributed by atoms with Crippen LogP contribution in [0.5, 0.6) is 5.88 Å². The predicted octanol–water partition coefficient (Wildman–Crippen LogP) is 1.73. The molecule has 0 aliphatic carbocycles. The first-order chi connectivity index (χ1) is 9.62. The van der Waals surface area contributed by atoms with E-state index in [-0.39, 0.29) is 12.5 Å². The Bertz CT molecular complexity index is 433. The van der Waals surface area contributed by atoms with E-state index in [1.54, 1.807) is 17.0 Å². The zero-order chi connectivity index (χ0) is 15.0. The number of likely N-dealkylation sites (N-methyl/N-ethyl adjacent to an activating group) is 1. The van der Waals surface area contributed by atoms with E-state index in [0.29, 0.717) is 37.1 Å². The molecule has 0 aliphatic rings. The average molecular weight is 280 g/mol. The van der Waals surface area contributed by atoms with Crippen molar-refractivity contribution in [1.29, 1.82) is 0 Å². The zero-order valence-corrected chi connectivity index (χ0v) is 12.5. The number of hydrogen-bond donors (Lipinski definition) is 2. The fraction of sp³-hybridized carbons (Fsp3) is 0.571. The summed E-state index contributed by atoms with van der Waals surface area (Å²) in [5.41, 5.74) is 6.29. The van der Waals surface area contributed by atoms with Crippen molar-refractivity contribution in [3.05, 3.63) is 12.1 Å². The quantitative estimate of drug-likeness (QED) is 0.758. The molecule has 6 nitrogen and oxygen atoms in total. The number of aromatic nitrogens is 1. The maximum Gasteiger partial charge on any atom is 0.241 e. The van der Waals surface area contributed by atoms with Crippen molar-refractivity contribution in [2.24, 2.45) is 0 Å². The maximum atomic E-state index is 11.9. The summed E-state index contributed by atoms with van der Waals surface area (Å²) in [6.07, 6.45) is 0.888. The lowest BCUT2D eigenvalue weighted by molar-refractivity contribution is -0.128. The van der Waals surface area contributed by atoms with E-state index in [0.717, 1.165) is 6.42 Å². The Morgan fingerprint density at radius 2 is 2.05 bits per heavy atom. The van der Waals surface area contributed by atoms with Gasteiger partial charge in [-0.2, -0.15) is 4.98 Å². The van der Waals surface area contributed by atoms with Crippen LogP contribution in [0.25, 0.3) is 0 Å². The fourth-order valence-electron chi connectivity index (χ4n) is 1.72. The summed E-state index contributed by atoms with van der Waals surface area (Å²) in [5, 5.41) is 3.00. The highest BCUT2D eigenvalue weighted by atomic mass is 16.5. The molecule has 1 aromatic heterocycles. The number of nitrogens with zero attached hydrogens (tertiary/aromatic N) is 2. The van der Waals surface area contributed by atoms with Crippen molar-refractivity contribution in [2.75, 3.05) is 37.3 Å². The second kappa shape index (κ2) is 8.24. The molecular weight excluding hydrogens is 256 g/mol. The van der Waals surface area contributed by atoms with E-state index in [2.05, 4.69) is 10.3 Å². The predicted molar refractivity (Wildman–Crippen MR) is 80.9 cm³/mol. The molecule has 112 valence electrons. The van der Waals surface area contributed by atoms with E-state index >= 15 is 0 Å². The van der Waals surface area contributed by atoms with Crippen LogP contribution in [0.4, 0.5) is 11.5 Å². The van der Waals surface area contributed by atoms with Gasteiger partial charge in [-0.25, -0.2) is 0 Å². The Balaban J connectivity index is 2.62. The molecule has 0 aliphatic heterocycles. The van der Waals surface area contributed by atoms with Gasteiger partial charge in [0.05, 0.1) is 18.8 Å². The molecule has 3 N–H and O–H groups in total. The molecule has 6 heteroatoms. The second-order valence-electron chi connectivity index (χ2n) is 4.36. The smallest absolute Gasteiger partial charge is 0.241 e. The fourth-order valence-corrected chi connectivity index (χ4v) is 1.72. The summed E-state index contributed by atoms with van der Waals surface area (Å²) < 4.78 is 5.45. The summed E-state index contributed by atoms with van der Waals surface area (Å²) in [6.45, 7) is 8.12. The first-order valence-electron chi connectivity index (χ1n) is 7.03. The standard InChI is InChI=1S/C14H24N4O2/c1-4-9-20-14-11(15)7-8-12(17-14)16-10-13(19)18(5-2)6-3/h7-8H,4-6,9-10,15H2,1-3H3,(H,16,17). The summed E-state index contributed by atoms with van der Waals surface area (Å²) >= 11 is 0. The van der Waals surface area contributed by atoms with Gasteiger partial charge in [0.1, 0.15) is 5.82 Å². The third-order valence-corrected chi connectivity index (χ3v) is 2.87. The summed E-state index contributed by atoms with van der Waals surface area (Å²) in [5.74, 6) is 1.04. The largest absolute Gasteiger partial charge is 0.476 e. The molecule has 1 amide bonds. The molecule has 0 unspecified atom stereocenters. The molecule has 20 heavy (non-hydrogen) atoms. The number of amides is 1. The maximum absolute atomic E-state index is 11.9. The van der Waals surface area contributed by atoms with E-state index in [1.165, 1.54) is 0 Å². The Kier molecular flexibility index (Phi) is 6.63. The average Bonchev–Trinajstić information content (AvgIpc) is 2.46. The summed E-state index contributed by atoms with van der Waals surface area (Å²) in [6, 6.07) is 3.46. The van der Waals surface area contributed by atoms with Crippen LogP contribution in [0.2, 0.25) is 0 Å². The number of nitrogens with one attached hydrogen (secondary N) is 1. The Labute approximate surface area is 120 Å². The molecule has 0 saturated carbocycles. The molecule has 1 rings (SSSR count). The van der Waals surface area contributed by atoms with Gasteiger partial charge in [-0.3, -0.25) is 4.79 Å². The number of carbonyl (C=O) groups is 1. The van der Waals surface area contributed by atoms with E-state index in [4.69, 9.17) is 10.5 Å². The molecule has 1 heterocycles. The van der Waals surface area contributed by atoms with Crippen LogP contribution >= 0.6 is 0 Å². The van der Waals surface area contributed by atoms with Crippen molar-refractivity contribution in [3.63, 3.8) is 0 Å². The van der Waals surface area contributed by atoms with Crippen LogP contribution in [0.15, 0.2) is 12.1 Å². The number of nitrogen functional groups attached to an aromatic ring is 1. The van der Waals surface area contributed by atoms with Gasteiger partial charge in [0.2, 0.25) is 11.8 Å². The number of nitrogens with two attached hydrogens (primary N) is 1. The van der Waals surface area contributed by atoms with Crippen LogP contribution in [-0.4, -0.2) is 42.0 Å². The zero-order valence-electron chi connectivity index (χ0n) is 12.5. The van der Waals surface area contributed by atoms with Gasteiger partial charge in [0.25, 0.3) is 0 Å². The molecule has 1 aromatic rings. The van der Waals surface area contributed by atoms with Gasteiger partial charge in [0.15, 0.2) is 0 Å². The van der Waals surface area contributed by atoms with Gasteiger partial charge < -0.3 is 20.7 Å². The SMILES string of the molecule is CCCOc1nc(NCC(=O)N(CC)CC)ccc1N. The van der Waals surface area contributed by atoms with Gasteiger partial charge in [-0.1, -0.05) is 6.92 Å². The van der Waals surface area contributed by atoms with Crippen molar-refractivity contribution in [3.8, 4) is 5.88 Å². The number of hydrogen-bond acceptors (Lipinski definition) is 5. The highest BCUT2D eigenvalue weighted by molar-refractivity contribution is 5.80. The number of carbonyl (C=O) groups excluding carboxylic acids is 1. The van der Waals surface area contributed by atoms with Gasteiger partial charge in [-0.15, -0.1) is 0 Å². The van der Waals surface area contributed by atoms with Gasteiger partial charge in [0, 0.05) is 13.1 Å². The Morgan fingerprint density at radius 1 is 1.35 bits per heavy atom. The van der Waals surface area contributed by atoms with Crippen LogP contribution in [0, 0.1) is 0 Å². The molecule has 0 radical (unpaired) electrons. The second-order valence-corrected chi connectivity index (χ2v) is 4.36. The van der Waals surface area contributed by atoms with Gasteiger partial charge in [-0.05, 0) is 32.4 Å². The molecule has 0 fully saturated rings. The molecule has 0 atom stereocenters. The minimum absolute atomic E-state index is 0.0460. The number of ether oxygens (including phenoxy) is 1.